The van der Waals surface area contributed by atoms with E-state index in [2.05, 4.69) is 17.0 Å². The molecule has 0 aromatic heterocycles. The van der Waals surface area contributed by atoms with Gasteiger partial charge in [-0.25, -0.2) is 0 Å². The van der Waals surface area contributed by atoms with E-state index in [-0.39, 0.29) is 0 Å². The molecule has 1 aliphatic heterocycles. The summed E-state index contributed by atoms with van der Waals surface area (Å²) in [4.78, 5) is 2.62. The molecule has 0 spiro atoms. The fourth-order valence-corrected chi connectivity index (χ4v) is 3.36. The molecule has 0 atom stereocenters. The largest absolute Gasteiger partial charge is 0.330 e. The van der Waals surface area contributed by atoms with E-state index in [4.69, 9.17) is 17.3 Å². The Balaban J connectivity index is 1.53. The summed E-state index contributed by atoms with van der Waals surface area (Å²) in [6, 6.07) is 8.39. The van der Waals surface area contributed by atoms with Crippen molar-refractivity contribution < 1.29 is 0 Å². The van der Waals surface area contributed by atoms with Gasteiger partial charge in [0.1, 0.15) is 0 Å². The zero-order chi connectivity index (χ0) is 13.3. The van der Waals surface area contributed by atoms with Crippen LogP contribution < -0.4 is 5.73 Å². The summed E-state index contributed by atoms with van der Waals surface area (Å²) >= 11 is 5.95. The first-order chi connectivity index (χ1) is 9.21. The van der Waals surface area contributed by atoms with Crippen LogP contribution in [0.3, 0.4) is 0 Å². The SMILES string of the molecule is NCC1(CN2CCC(c3ccc(Cl)cc3)CC2)CC1. The normalized spacial score (nSPS) is 23.5. The van der Waals surface area contributed by atoms with Crippen LogP contribution in [0.4, 0.5) is 0 Å². The Morgan fingerprint density at radius 3 is 2.32 bits per heavy atom. The van der Waals surface area contributed by atoms with E-state index in [1.165, 1.54) is 50.9 Å². The highest BCUT2D eigenvalue weighted by molar-refractivity contribution is 6.30. The maximum atomic E-state index is 5.95. The molecule has 0 bridgehead atoms. The second kappa shape index (κ2) is 5.43. The summed E-state index contributed by atoms with van der Waals surface area (Å²) in [7, 11) is 0. The molecule has 1 aliphatic carbocycles. The van der Waals surface area contributed by atoms with Gasteiger partial charge < -0.3 is 10.6 Å². The highest BCUT2D eigenvalue weighted by atomic mass is 35.5. The lowest BCUT2D eigenvalue weighted by atomic mass is 9.89. The minimum atomic E-state index is 0.479. The van der Waals surface area contributed by atoms with Crippen LogP contribution in [0.25, 0.3) is 0 Å². The van der Waals surface area contributed by atoms with Crippen molar-refractivity contribution in [2.24, 2.45) is 11.1 Å². The van der Waals surface area contributed by atoms with Crippen molar-refractivity contribution in [2.45, 2.75) is 31.6 Å². The van der Waals surface area contributed by atoms with Crippen LogP contribution in [0.15, 0.2) is 24.3 Å². The summed E-state index contributed by atoms with van der Waals surface area (Å²) in [5.74, 6) is 0.710. The van der Waals surface area contributed by atoms with E-state index in [1.807, 2.05) is 12.1 Å². The zero-order valence-electron chi connectivity index (χ0n) is 11.4. The molecule has 3 rings (SSSR count). The second-order valence-corrected chi connectivity index (χ2v) is 6.74. The standard InChI is InChI=1S/C16H23ClN2/c17-15-3-1-13(2-4-15)14-5-9-19(10-6-14)12-16(11-18)7-8-16/h1-4,14H,5-12,18H2. The molecular weight excluding hydrogens is 256 g/mol. The van der Waals surface area contributed by atoms with Crippen LogP contribution in [0, 0.1) is 5.41 Å². The predicted molar refractivity (Wildman–Crippen MR) is 80.6 cm³/mol. The van der Waals surface area contributed by atoms with Gasteiger partial charge in [0.25, 0.3) is 0 Å². The molecule has 1 aromatic carbocycles. The number of hydrogen-bond acceptors (Lipinski definition) is 2. The van der Waals surface area contributed by atoms with Crippen molar-refractivity contribution in [2.75, 3.05) is 26.2 Å². The van der Waals surface area contributed by atoms with E-state index in [1.54, 1.807) is 0 Å². The number of halogens is 1. The zero-order valence-corrected chi connectivity index (χ0v) is 12.2. The van der Waals surface area contributed by atoms with E-state index in [9.17, 15) is 0 Å². The Labute approximate surface area is 120 Å². The average molecular weight is 279 g/mol. The van der Waals surface area contributed by atoms with Gasteiger partial charge in [-0.15, -0.1) is 0 Å². The maximum Gasteiger partial charge on any atom is 0.0406 e. The van der Waals surface area contributed by atoms with Crippen molar-refractivity contribution in [3.05, 3.63) is 34.9 Å². The van der Waals surface area contributed by atoms with E-state index >= 15 is 0 Å². The number of hydrogen-bond donors (Lipinski definition) is 1. The minimum Gasteiger partial charge on any atom is -0.330 e. The molecule has 1 aromatic rings. The molecule has 1 heterocycles. The first-order valence-corrected chi connectivity index (χ1v) is 7.76. The van der Waals surface area contributed by atoms with E-state index in [0.717, 1.165) is 11.6 Å². The number of nitrogens with two attached hydrogens (primary N) is 1. The minimum absolute atomic E-state index is 0.479. The van der Waals surface area contributed by atoms with Crippen molar-refractivity contribution in [1.29, 1.82) is 0 Å². The summed E-state index contributed by atoms with van der Waals surface area (Å²) in [5.41, 5.74) is 7.81. The number of rotatable bonds is 4. The van der Waals surface area contributed by atoms with E-state index in [0.29, 0.717) is 11.3 Å². The van der Waals surface area contributed by atoms with E-state index < -0.39 is 0 Å². The molecule has 2 N–H and O–H groups in total. The molecule has 1 saturated heterocycles. The fraction of sp³-hybridized carbons (Fsp3) is 0.625. The summed E-state index contributed by atoms with van der Waals surface area (Å²) < 4.78 is 0. The molecule has 2 nitrogen and oxygen atoms in total. The van der Waals surface area contributed by atoms with Crippen LogP contribution >= 0.6 is 11.6 Å². The van der Waals surface area contributed by atoms with Gasteiger partial charge in [0, 0.05) is 11.6 Å². The molecule has 0 radical (unpaired) electrons. The lowest BCUT2D eigenvalue weighted by Gasteiger charge is -2.34. The molecule has 0 unspecified atom stereocenters. The average Bonchev–Trinajstić information content (AvgIpc) is 3.21. The molecule has 1 saturated carbocycles. The quantitative estimate of drug-likeness (QED) is 0.916. The fourth-order valence-electron chi connectivity index (χ4n) is 3.24. The first kappa shape index (κ1) is 13.4. The summed E-state index contributed by atoms with van der Waals surface area (Å²) in [6.45, 7) is 4.52. The van der Waals surface area contributed by atoms with Crippen molar-refractivity contribution in [3.63, 3.8) is 0 Å². The van der Waals surface area contributed by atoms with Gasteiger partial charge in [0.05, 0.1) is 0 Å². The number of piperidine rings is 1. The lowest BCUT2D eigenvalue weighted by molar-refractivity contribution is 0.176. The van der Waals surface area contributed by atoms with Gasteiger partial charge in [-0.1, -0.05) is 23.7 Å². The van der Waals surface area contributed by atoms with Crippen molar-refractivity contribution in [1.82, 2.24) is 4.90 Å². The number of benzene rings is 1. The molecule has 104 valence electrons. The Hall–Kier alpha value is -0.570. The van der Waals surface area contributed by atoms with Crippen LogP contribution in [0.5, 0.6) is 0 Å². The molecule has 2 fully saturated rings. The molecular formula is C16H23ClN2. The molecule has 3 heteroatoms. The van der Waals surface area contributed by atoms with Gasteiger partial charge in [0.15, 0.2) is 0 Å². The van der Waals surface area contributed by atoms with Crippen LogP contribution in [-0.2, 0) is 0 Å². The molecule has 2 aliphatic rings. The highest BCUT2D eigenvalue weighted by Gasteiger charge is 2.42. The van der Waals surface area contributed by atoms with Gasteiger partial charge in [-0.05, 0) is 74.3 Å². The van der Waals surface area contributed by atoms with Crippen LogP contribution in [0.1, 0.15) is 37.2 Å². The smallest absolute Gasteiger partial charge is 0.0406 e. The van der Waals surface area contributed by atoms with Gasteiger partial charge in [-0.2, -0.15) is 0 Å². The van der Waals surface area contributed by atoms with Crippen LogP contribution in [0.2, 0.25) is 5.02 Å². The maximum absolute atomic E-state index is 5.95. The van der Waals surface area contributed by atoms with Gasteiger partial charge >= 0.3 is 0 Å². The van der Waals surface area contributed by atoms with Crippen LogP contribution in [-0.4, -0.2) is 31.1 Å². The molecule has 0 amide bonds. The predicted octanol–water partition coefficient (Wildman–Crippen LogP) is 3.26. The number of nitrogens with zero attached hydrogens (tertiary/aromatic N) is 1. The number of likely N-dealkylation sites (tertiary alicyclic amines) is 1. The van der Waals surface area contributed by atoms with Gasteiger partial charge in [0.2, 0.25) is 0 Å². The van der Waals surface area contributed by atoms with Crippen molar-refractivity contribution in [3.8, 4) is 0 Å². The topological polar surface area (TPSA) is 29.3 Å². The van der Waals surface area contributed by atoms with Crippen molar-refractivity contribution >= 4 is 11.6 Å². The Morgan fingerprint density at radius 1 is 1.16 bits per heavy atom. The monoisotopic (exact) mass is 278 g/mol. The summed E-state index contributed by atoms with van der Waals surface area (Å²) in [5, 5.41) is 0.833. The molecule has 19 heavy (non-hydrogen) atoms. The third-order valence-corrected chi connectivity index (χ3v) is 5.13. The third-order valence-electron chi connectivity index (χ3n) is 4.88. The highest BCUT2D eigenvalue weighted by Crippen LogP contribution is 2.45. The van der Waals surface area contributed by atoms with Gasteiger partial charge in [-0.3, -0.25) is 0 Å². The lowest BCUT2D eigenvalue weighted by Crippen LogP contribution is -2.39. The third kappa shape index (κ3) is 3.13. The first-order valence-electron chi connectivity index (χ1n) is 7.39. The summed E-state index contributed by atoms with van der Waals surface area (Å²) in [6.07, 6.45) is 5.20. The Morgan fingerprint density at radius 2 is 1.79 bits per heavy atom. The Kier molecular flexibility index (Phi) is 3.84. The second-order valence-electron chi connectivity index (χ2n) is 6.31. The Bertz CT molecular complexity index is 417.